The molecule has 0 bridgehead atoms. The summed E-state index contributed by atoms with van der Waals surface area (Å²) >= 11 is 0. The third-order valence-electron chi connectivity index (χ3n) is 4.53. The molecular formula is C20H25N3O4S. The van der Waals surface area contributed by atoms with Gasteiger partial charge in [-0.3, -0.25) is 14.4 Å². The Morgan fingerprint density at radius 2 is 1.82 bits per heavy atom. The molecule has 1 heterocycles. The maximum absolute atomic E-state index is 12.6. The van der Waals surface area contributed by atoms with Crippen LogP contribution in [0.1, 0.15) is 15.9 Å². The van der Waals surface area contributed by atoms with Gasteiger partial charge < -0.3 is 10.1 Å². The van der Waals surface area contributed by atoms with Crippen LogP contribution in [0.2, 0.25) is 0 Å². The van der Waals surface area contributed by atoms with Gasteiger partial charge in [0.15, 0.2) is 0 Å². The number of carbonyl (C=O) groups excluding carboxylic acids is 1. The molecule has 0 aromatic heterocycles. The summed E-state index contributed by atoms with van der Waals surface area (Å²) in [5.74, 6) is -0.291. The Morgan fingerprint density at radius 3 is 2.54 bits per heavy atom. The van der Waals surface area contributed by atoms with E-state index in [-0.39, 0.29) is 10.8 Å². The molecule has 0 saturated carbocycles. The second-order valence-electron chi connectivity index (χ2n) is 6.71. The fraction of sp³-hybridized carbons (Fsp3) is 0.350. The van der Waals surface area contributed by atoms with Crippen molar-refractivity contribution in [2.24, 2.45) is 0 Å². The molecule has 7 nitrogen and oxygen atoms in total. The van der Waals surface area contributed by atoms with Gasteiger partial charge in [0.05, 0.1) is 18.1 Å². The number of nitrogens with one attached hydrogen (secondary N) is 2. The molecule has 0 unspecified atom stereocenters. The van der Waals surface area contributed by atoms with Crippen molar-refractivity contribution in [3.63, 3.8) is 0 Å². The summed E-state index contributed by atoms with van der Waals surface area (Å²) in [6, 6.07) is 13.1. The van der Waals surface area contributed by atoms with Gasteiger partial charge in [-0.1, -0.05) is 23.8 Å². The van der Waals surface area contributed by atoms with Crippen molar-refractivity contribution in [1.82, 2.24) is 10.2 Å². The van der Waals surface area contributed by atoms with E-state index in [4.69, 9.17) is 4.74 Å². The number of anilines is 1. The Balaban J connectivity index is 1.61. The van der Waals surface area contributed by atoms with Crippen LogP contribution in [0.15, 0.2) is 53.4 Å². The van der Waals surface area contributed by atoms with Gasteiger partial charge in [-0.05, 0) is 37.3 Å². The Labute approximate surface area is 165 Å². The van der Waals surface area contributed by atoms with Gasteiger partial charge >= 0.3 is 0 Å². The molecule has 1 aliphatic heterocycles. The Morgan fingerprint density at radius 1 is 1.11 bits per heavy atom. The average Bonchev–Trinajstić information content (AvgIpc) is 2.70. The van der Waals surface area contributed by atoms with Crippen LogP contribution in [0.3, 0.4) is 0 Å². The van der Waals surface area contributed by atoms with Gasteiger partial charge in [-0.25, -0.2) is 8.42 Å². The predicted octanol–water partition coefficient (Wildman–Crippen LogP) is 1.86. The summed E-state index contributed by atoms with van der Waals surface area (Å²) in [4.78, 5) is 14.7. The van der Waals surface area contributed by atoms with Gasteiger partial charge in [0.25, 0.3) is 15.9 Å². The van der Waals surface area contributed by atoms with Gasteiger partial charge in [-0.2, -0.15) is 0 Å². The summed E-state index contributed by atoms with van der Waals surface area (Å²) in [7, 11) is -3.77. The number of carbonyl (C=O) groups is 1. The normalized spacial score (nSPS) is 15.2. The molecule has 0 atom stereocenters. The number of ether oxygens (including phenoxy) is 1. The topological polar surface area (TPSA) is 87.7 Å². The van der Waals surface area contributed by atoms with Crippen LogP contribution in [-0.2, 0) is 14.8 Å². The zero-order chi connectivity index (χ0) is 20.0. The van der Waals surface area contributed by atoms with Crippen molar-refractivity contribution >= 4 is 21.6 Å². The largest absolute Gasteiger partial charge is 0.379 e. The number of benzene rings is 2. The molecule has 150 valence electrons. The lowest BCUT2D eigenvalue weighted by molar-refractivity contribution is 0.0383. The van der Waals surface area contributed by atoms with Crippen LogP contribution < -0.4 is 10.0 Å². The highest BCUT2D eigenvalue weighted by atomic mass is 32.2. The average molecular weight is 404 g/mol. The summed E-state index contributed by atoms with van der Waals surface area (Å²) in [5.41, 5.74) is 1.83. The molecule has 1 saturated heterocycles. The number of hydrogen-bond acceptors (Lipinski definition) is 5. The van der Waals surface area contributed by atoms with Gasteiger partial charge in [0.2, 0.25) is 0 Å². The van der Waals surface area contributed by atoms with Gasteiger partial charge in [0.1, 0.15) is 0 Å². The lowest BCUT2D eigenvalue weighted by Crippen LogP contribution is -2.41. The number of sulfonamides is 1. The molecule has 1 amide bonds. The number of nitrogens with zero attached hydrogens (tertiary/aromatic N) is 1. The molecule has 2 aromatic carbocycles. The standard InChI is InChI=1S/C20H25N3O4S/c1-16-5-7-18(8-6-16)22-28(25,26)19-4-2-3-17(15-19)20(24)21-9-10-23-11-13-27-14-12-23/h2-8,15,22H,9-14H2,1H3,(H,21,24). The molecule has 1 fully saturated rings. The van der Waals surface area contributed by atoms with E-state index in [1.54, 1.807) is 24.3 Å². The predicted molar refractivity (Wildman–Crippen MR) is 108 cm³/mol. The molecule has 2 N–H and O–H groups in total. The zero-order valence-electron chi connectivity index (χ0n) is 15.8. The molecule has 8 heteroatoms. The molecule has 1 aliphatic rings. The van der Waals surface area contributed by atoms with Crippen molar-refractivity contribution < 1.29 is 17.9 Å². The molecular weight excluding hydrogens is 378 g/mol. The maximum Gasteiger partial charge on any atom is 0.261 e. The Kier molecular flexibility index (Phi) is 6.66. The van der Waals surface area contributed by atoms with Gasteiger partial charge in [-0.15, -0.1) is 0 Å². The van der Waals surface area contributed by atoms with Crippen LogP contribution in [0.4, 0.5) is 5.69 Å². The van der Waals surface area contributed by atoms with Crippen molar-refractivity contribution in [1.29, 1.82) is 0 Å². The van der Waals surface area contributed by atoms with Gasteiger partial charge in [0, 0.05) is 37.4 Å². The minimum Gasteiger partial charge on any atom is -0.379 e. The van der Waals surface area contributed by atoms with Crippen LogP contribution >= 0.6 is 0 Å². The molecule has 2 aromatic rings. The van der Waals surface area contributed by atoms with Crippen molar-refractivity contribution in [2.75, 3.05) is 44.1 Å². The first-order chi connectivity index (χ1) is 13.4. The van der Waals surface area contributed by atoms with Crippen molar-refractivity contribution in [2.45, 2.75) is 11.8 Å². The Hall–Kier alpha value is -2.42. The Bertz CT molecular complexity index is 907. The third-order valence-corrected chi connectivity index (χ3v) is 5.91. The highest BCUT2D eigenvalue weighted by Gasteiger charge is 2.17. The second-order valence-corrected chi connectivity index (χ2v) is 8.39. The number of rotatable bonds is 7. The van der Waals surface area contributed by atoms with E-state index in [9.17, 15) is 13.2 Å². The molecule has 0 radical (unpaired) electrons. The second kappa shape index (κ2) is 9.18. The highest BCUT2D eigenvalue weighted by molar-refractivity contribution is 7.92. The molecule has 3 rings (SSSR count). The summed E-state index contributed by atoms with van der Waals surface area (Å²) < 4.78 is 33.1. The van der Waals surface area contributed by atoms with Crippen LogP contribution in [0.5, 0.6) is 0 Å². The van der Waals surface area contributed by atoms with Crippen LogP contribution in [0, 0.1) is 6.92 Å². The first kappa shape index (κ1) is 20.3. The third kappa shape index (κ3) is 5.54. The maximum atomic E-state index is 12.6. The van der Waals surface area contributed by atoms with E-state index in [0.29, 0.717) is 31.0 Å². The lowest BCUT2D eigenvalue weighted by atomic mass is 10.2. The number of amides is 1. The first-order valence-electron chi connectivity index (χ1n) is 9.22. The monoisotopic (exact) mass is 403 g/mol. The zero-order valence-corrected chi connectivity index (χ0v) is 16.7. The molecule has 28 heavy (non-hydrogen) atoms. The van der Waals surface area contributed by atoms with Crippen molar-refractivity contribution in [3.05, 3.63) is 59.7 Å². The number of hydrogen-bond donors (Lipinski definition) is 2. The summed E-state index contributed by atoms with van der Waals surface area (Å²) in [6.07, 6.45) is 0. The molecule has 0 spiro atoms. The fourth-order valence-electron chi connectivity index (χ4n) is 2.89. The highest BCUT2D eigenvalue weighted by Crippen LogP contribution is 2.17. The fourth-order valence-corrected chi connectivity index (χ4v) is 4.00. The SMILES string of the molecule is Cc1ccc(NS(=O)(=O)c2cccc(C(=O)NCCN3CCOCC3)c2)cc1. The minimum atomic E-state index is -3.77. The summed E-state index contributed by atoms with van der Waals surface area (Å²) in [5, 5.41) is 2.84. The van der Waals surface area contributed by atoms with Crippen molar-refractivity contribution in [3.8, 4) is 0 Å². The number of aryl methyl sites for hydroxylation is 1. The van der Waals surface area contributed by atoms with Crippen LogP contribution in [-0.4, -0.2) is 58.6 Å². The van der Waals surface area contributed by atoms with E-state index in [1.165, 1.54) is 12.1 Å². The van der Waals surface area contributed by atoms with Crippen LogP contribution in [0.25, 0.3) is 0 Å². The summed E-state index contributed by atoms with van der Waals surface area (Å²) in [6.45, 7) is 6.30. The lowest BCUT2D eigenvalue weighted by Gasteiger charge is -2.26. The van der Waals surface area contributed by atoms with E-state index >= 15 is 0 Å². The number of morpholine rings is 1. The first-order valence-corrected chi connectivity index (χ1v) is 10.7. The smallest absolute Gasteiger partial charge is 0.261 e. The minimum absolute atomic E-state index is 0.0499. The molecule has 0 aliphatic carbocycles. The van der Waals surface area contributed by atoms with E-state index < -0.39 is 10.0 Å². The van der Waals surface area contributed by atoms with E-state index in [0.717, 1.165) is 25.2 Å². The van der Waals surface area contributed by atoms with E-state index in [2.05, 4.69) is 14.9 Å². The quantitative estimate of drug-likeness (QED) is 0.737. The van der Waals surface area contributed by atoms with E-state index in [1.807, 2.05) is 19.1 Å².